The Labute approximate surface area is 117 Å². The van der Waals surface area contributed by atoms with Crippen molar-refractivity contribution in [2.45, 2.75) is 78.2 Å². The Morgan fingerprint density at radius 2 is 2.00 bits per heavy atom. The van der Waals surface area contributed by atoms with Crippen molar-refractivity contribution in [2.24, 2.45) is 5.92 Å². The van der Waals surface area contributed by atoms with Gasteiger partial charge >= 0.3 is 0 Å². The van der Waals surface area contributed by atoms with Gasteiger partial charge in [0.25, 0.3) is 0 Å². The molecular formula is C16H29N3. The minimum Gasteiger partial charge on any atom is -0.384 e. The topological polar surface area (TPSA) is 43.8 Å². The molecule has 1 aromatic rings. The highest BCUT2D eigenvalue weighted by atomic mass is 15.1. The third kappa shape index (κ3) is 3.31. The molecular weight excluding hydrogens is 234 g/mol. The molecule has 1 aliphatic rings. The van der Waals surface area contributed by atoms with E-state index in [1.165, 1.54) is 44.3 Å². The van der Waals surface area contributed by atoms with Crippen molar-refractivity contribution in [3.8, 4) is 0 Å². The summed E-state index contributed by atoms with van der Waals surface area (Å²) in [6, 6.07) is 0. The molecule has 1 heterocycles. The van der Waals surface area contributed by atoms with E-state index in [0.29, 0.717) is 11.8 Å². The van der Waals surface area contributed by atoms with Gasteiger partial charge in [0.15, 0.2) is 0 Å². The lowest BCUT2D eigenvalue weighted by Crippen LogP contribution is -2.10. The Balaban J connectivity index is 2.27. The molecule has 0 saturated heterocycles. The number of unbranched alkanes of at least 4 members (excludes halogenated alkanes) is 1. The van der Waals surface area contributed by atoms with Crippen LogP contribution < -0.4 is 5.73 Å². The Kier molecular flexibility index (Phi) is 4.89. The number of rotatable bonds is 6. The largest absolute Gasteiger partial charge is 0.384 e. The highest BCUT2D eigenvalue weighted by Gasteiger charge is 2.25. The molecule has 0 unspecified atom stereocenters. The first-order valence-electron chi connectivity index (χ1n) is 7.98. The highest BCUT2D eigenvalue weighted by molar-refractivity contribution is 5.39. The SMILES string of the molecule is CCCCn1c(C2CCCC2)nc(CC(C)C)c1N. The van der Waals surface area contributed by atoms with Crippen molar-refractivity contribution in [1.29, 1.82) is 0 Å². The summed E-state index contributed by atoms with van der Waals surface area (Å²) in [5, 5.41) is 0. The first-order chi connectivity index (χ1) is 9.13. The minimum absolute atomic E-state index is 0.619. The number of anilines is 1. The van der Waals surface area contributed by atoms with Crippen LogP contribution in [-0.4, -0.2) is 9.55 Å². The number of nitrogens with zero attached hydrogens (tertiary/aromatic N) is 2. The number of imidazole rings is 1. The summed E-state index contributed by atoms with van der Waals surface area (Å²) < 4.78 is 2.32. The summed E-state index contributed by atoms with van der Waals surface area (Å²) in [5.74, 6) is 3.48. The average Bonchev–Trinajstić information content (AvgIpc) is 2.97. The van der Waals surface area contributed by atoms with Gasteiger partial charge in [0.2, 0.25) is 0 Å². The summed E-state index contributed by atoms with van der Waals surface area (Å²) in [5.41, 5.74) is 7.49. The van der Waals surface area contributed by atoms with Crippen molar-refractivity contribution < 1.29 is 0 Å². The fourth-order valence-electron chi connectivity index (χ4n) is 3.12. The Morgan fingerprint density at radius 1 is 1.32 bits per heavy atom. The van der Waals surface area contributed by atoms with E-state index >= 15 is 0 Å². The lowest BCUT2D eigenvalue weighted by atomic mass is 10.1. The van der Waals surface area contributed by atoms with Gasteiger partial charge < -0.3 is 10.3 Å². The molecule has 0 radical (unpaired) electrons. The molecule has 108 valence electrons. The van der Waals surface area contributed by atoms with Gasteiger partial charge in [0.05, 0.1) is 5.69 Å². The van der Waals surface area contributed by atoms with Gasteiger partial charge in [0.1, 0.15) is 11.6 Å². The van der Waals surface area contributed by atoms with Crippen LogP contribution in [0.5, 0.6) is 0 Å². The maximum Gasteiger partial charge on any atom is 0.126 e. The fraction of sp³-hybridized carbons (Fsp3) is 0.812. The zero-order valence-electron chi connectivity index (χ0n) is 12.8. The molecule has 0 bridgehead atoms. The van der Waals surface area contributed by atoms with Crippen LogP contribution in [0.3, 0.4) is 0 Å². The van der Waals surface area contributed by atoms with Crippen molar-refractivity contribution in [3.05, 3.63) is 11.5 Å². The number of hydrogen-bond acceptors (Lipinski definition) is 2. The summed E-state index contributed by atoms with van der Waals surface area (Å²) in [4.78, 5) is 4.92. The quantitative estimate of drug-likeness (QED) is 0.839. The Hall–Kier alpha value is -0.990. The van der Waals surface area contributed by atoms with E-state index in [1.807, 2.05) is 0 Å². The zero-order chi connectivity index (χ0) is 13.8. The summed E-state index contributed by atoms with van der Waals surface area (Å²) in [6.07, 6.45) is 8.70. The maximum atomic E-state index is 6.36. The molecule has 19 heavy (non-hydrogen) atoms. The molecule has 1 saturated carbocycles. The lowest BCUT2D eigenvalue weighted by molar-refractivity contribution is 0.561. The first kappa shape index (κ1) is 14.4. The molecule has 0 spiro atoms. The molecule has 2 rings (SSSR count). The van der Waals surface area contributed by atoms with Crippen LogP contribution in [0, 0.1) is 5.92 Å². The van der Waals surface area contributed by atoms with E-state index < -0.39 is 0 Å². The molecule has 0 amide bonds. The molecule has 3 heteroatoms. The van der Waals surface area contributed by atoms with Crippen molar-refractivity contribution in [3.63, 3.8) is 0 Å². The number of nitrogen functional groups attached to an aromatic ring is 1. The van der Waals surface area contributed by atoms with E-state index in [1.54, 1.807) is 0 Å². The van der Waals surface area contributed by atoms with Crippen molar-refractivity contribution in [1.82, 2.24) is 9.55 Å². The van der Waals surface area contributed by atoms with Crippen LogP contribution in [-0.2, 0) is 13.0 Å². The van der Waals surface area contributed by atoms with Gasteiger partial charge in [-0.25, -0.2) is 4.98 Å². The standard InChI is InChI=1S/C16H29N3/c1-4-5-10-19-15(17)14(11-12(2)3)18-16(19)13-8-6-7-9-13/h12-13H,4-11,17H2,1-3H3. The normalized spacial score (nSPS) is 16.6. The van der Waals surface area contributed by atoms with Gasteiger partial charge in [0, 0.05) is 12.5 Å². The Bertz CT molecular complexity index is 400. The Morgan fingerprint density at radius 3 is 2.58 bits per heavy atom. The lowest BCUT2D eigenvalue weighted by Gasteiger charge is -2.13. The molecule has 3 nitrogen and oxygen atoms in total. The van der Waals surface area contributed by atoms with Crippen molar-refractivity contribution >= 4 is 5.82 Å². The van der Waals surface area contributed by atoms with Gasteiger partial charge in [-0.2, -0.15) is 0 Å². The summed E-state index contributed by atoms with van der Waals surface area (Å²) >= 11 is 0. The smallest absolute Gasteiger partial charge is 0.126 e. The number of nitrogens with two attached hydrogens (primary N) is 1. The van der Waals surface area contributed by atoms with Gasteiger partial charge in [-0.15, -0.1) is 0 Å². The summed E-state index contributed by atoms with van der Waals surface area (Å²) in [6.45, 7) is 7.75. The number of hydrogen-bond donors (Lipinski definition) is 1. The van der Waals surface area contributed by atoms with Crippen LogP contribution in [0.4, 0.5) is 5.82 Å². The second kappa shape index (κ2) is 6.44. The van der Waals surface area contributed by atoms with Crippen LogP contribution in [0.2, 0.25) is 0 Å². The van der Waals surface area contributed by atoms with E-state index in [9.17, 15) is 0 Å². The number of aromatic nitrogens is 2. The maximum absolute atomic E-state index is 6.36. The molecule has 0 aromatic carbocycles. The monoisotopic (exact) mass is 263 g/mol. The molecule has 2 N–H and O–H groups in total. The van der Waals surface area contributed by atoms with E-state index in [2.05, 4.69) is 25.3 Å². The van der Waals surface area contributed by atoms with Gasteiger partial charge in [-0.05, 0) is 31.6 Å². The predicted molar refractivity (Wildman–Crippen MR) is 81.3 cm³/mol. The second-order valence-electron chi connectivity index (χ2n) is 6.39. The predicted octanol–water partition coefficient (Wildman–Crippen LogP) is 4.12. The van der Waals surface area contributed by atoms with Gasteiger partial charge in [-0.1, -0.05) is 40.0 Å². The zero-order valence-corrected chi connectivity index (χ0v) is 12.8. The van der Waals surface area contributed by atoms with Crippen LogP contribution >= 0.6 is 0 Å². The van der Waals surface area contributed by atoms with Crippen molar-refractivity contribution in [2.75, 3.05) is 5.73 Å². The van der Waals surface area contributed by atoms with Gasteiger partial charge in [-0.3, -0.25) is 0 Å². The van der Waals surface area contributed by atoms with Crippen LogP contribution in [0.25, 0.3) is 0 Å². The molecule has 0 aliphatic heterocycles. The van der Waals surface area contributed by atoms with E-state index in [-0.39, 0.29) is 0 Å². The van der Waals surface area contributed by atoms with Crippen LogP contribution in [0.1, 0.15) is 76.7 Å². The average molecular weight is 263 g/mol. The summed E-state index contributed by atoms with van der Waals surface area (Å²) in [7, 11) is 0. The first-order valence-corrected chi connectivity index (χ1v) is 7.98. The molecule has 1 fully saturated rings. The van der Waals surface area contributed by atoms with E-state index in [4.69, 9.17) is 10.7 Å². The second-order valence-corrected chi connectivity index (χ2v) is 6.39. The van der Waals surface area contributed by atoms with Crippen LogP contribution in [0.15, 0.2) is 0 Å². The highest BCUT2D eigenvalue weighted by Crippen LogP contribution is 2.35. The minimum atomic E-state index is 0.619. The molecule has 0 atom stereocenters. The fourth-order valence-corrected chi connectivity index (χ4v) is 3.12. The third-order valence-electron chi connectivity index (χ3n) is 4.17. The third-order valence-corrected chi connectivity index (χ3v) is 4.17. The van der Waals surface area contributed by atoms with E-state index in [0.717, 1.165) is 24.5 Å². The molecule has 1 aliphatic carbocycles. The molecule has 1 aromatic heterocycles.